The Morgan fingerprint density at radius 1 is 1.58 bits per heavy atom. The minimum absolute atomic E-state index is 0.184. The van der Waals surface area contributed by atoms with Gasteiger partial charge in [-0.05, 0) is 15.9 Å². The third kappa shape index (κ3) is 2.17. The zero-order valence-corrected chi connectivity index (χ0v) is 8.07. The van der Waals surface area contributed by atoms with Gasteiger partial charge in [0.05, 0.1) is 4.47 Å². The molecular formula is C8H10BrClN2. The highest BCUT2D eigenvalue weighted by Gasteiger charge is 2.17. The molecule has 4 heteroatoms. The van der Waals surface area contributed by atoms with Crippen molar-refractivity contribution < 1.29 is 12.3 Å². The number of hydrogen-bond donors (Lipinski definition) is 0. The van der Waals surface area contributed by atoms with E-state index in [2.05, 4.69) is 25.9 Å². The van der Waals surface area contributed by atoms with Gasteiger partial charge in [-0.25, -0.2) is 9.97 Å². The van der Waals surface area contributed by atoms with Crippen LogP contribution >= 0.6 is 27.5 Å². The third-order valence-electron chi connectivity index (χ3n) is 1.04. The van der Waals surface area contributed by atoms with Crippen molar-refractivity contribution in [3.05, 3.63) is 21.6 Å². The van der Waals surface area contributed by atoms with Crippen LogP contribution < -0.4 is 0 Å². The molecule has 66 valence electrons. The molecule has 0 bridgehead atoms. The molecule has 0 N–H and O–H groups in total. The van der Waals surface area contributed by atoms with E-state index in [1.54, 1.807) is 0 Å². The molecular weight excluding hydrogens is 239 g/mol. The van der Waals surface area contributed by atoms with Crippen LogP contribution in [0.1, 0.15) is 38.7 Å². The molecule has 2 nitrogen and oxygen atoms in total. The van der Waals surface area contributed by atoms with Crippen molar-refractivity contribution in [2.24, 2.45) is 0 Å². The van der Waals surface area contributed by atoms with Crippen LogP contribution in [0.2, 0.25) is 5.15 Å². The molecule has 12 heavy (non-hydrogen) atoms. The van der Waals surface area contributed by atoms with E-state index >= 15 is 0 Å². The largest absolute Gasteiger partial charge is 0.240 e. The van der Waals surface area contributed by atoms with Gasteiger partial charge >= 0.3 is 0 Å². The Kier molecular flexibility index (Phi) is 0.884. The summed E-state index contributed by atoms with van der Waals surface area (Å²) in [7, 11) is 0. The lowest BCUT2D eigenvalue weighted by Gasteiger charge is -2.15. The fourth-order valence-corrected chi connectivity index (χ4v) is 0.847. The van der Waals surface area contributed by atoms with Crippen LogP contribution in [0.4, 0.5) is 0 Å². The first-order valence-corrected chi connectivity index (χ1v) is 4.02. The second kappa shape index (κ2) is 3.30. The third-order valence-corrected chi connectivity index (χ3v) is 2.13. The Bertz CT molecular complexity index is 500. The maximum absolute atomic E-state index is 7.49. The van der Waals surface area contributed by atoms with Gasteiger partial charge in [0.2, 0.25) is 0 Å². The van der Waals surface area contributed by atoms with Crippen LogP contribution in [0.5, 0.6) is 0 Å². The van der Waals surface area contributed by atoms with E-state index in [1.165, 1.54) is 0 Å². The van der Waals surface area contributed by atoms with Crippen LogP contribution in [0.15, 0.2) is 10.7 Å². The highest BCUT2D eigenvalue weighted by Crippen LogP contribution is 2.23. The molecule has 0 unspecified atom stereocenters. The molecule has 1 heterocycles. The summed E-state index contributed by atoms with van der Waals surface area (Å²) in [6.45, 7) is -10.2. The summed E-state index contributed by atoms with van der Waals surface area (Å²) in [6, 6.07) is 0. The lowest BCUT2D eigenvalue weighted by Crippen LogP contribution is -2.15. The molecule has 0 radical (unpaired) electrons. The molecule has 1 aromatic heterocycles. The maximum atomic E-state index is 7.49. The summed E-state index contributed by atoms with van der Waals surface area (Å²) < 4.78 is 67.6. The Morgan fingerprint density at radius 3 is 2.75 bits per heavy atom. The molecule has 1 aromatic rings. The van der Waals surface area contributed by atoms with Crippen molar-refractivity contribution in [3.63, 3.8) is 0 Å². The number of halogens is 2. The van der Waals surface area contributed by atoms with Crippen molar-refractivity contribution in [2.45, 2.75) is 26.0 Å². The van der Waals surface area contributed by atoms with Crippen LogP contribution in [-0.4, -0.2) is 9.97 Å². The Morgan fingerprint density at radius 2 is 2.25 bits per heavy atom. The lowest BCUT2D eigenvalue weighted by molar-refractivity contribution is 0.544. The molecule has 0 amide bonds. The van der Waals surface area contributed by atoms with Gasteiger partial charge < -0.3 is 0 Å². The summed E-state index contributed by atoms with van der Waals surface area (Å²) in [6.07, 6.45) is 1.02. The summed E-state index contributed by atoms with van der Waals surface area (Å²) >= 11 is 8.69. The molecule has 0 atom stereocenters. The first kappa shape index (κ1) is 3.21. The van der Waals surface area contributed by atoms with Crippen LogP contribution in [0.25, 0.3) is 0 Å². The van der Waals surface area contributed by atoms with Crippen molar-refractivity contribution in [1.29, 1.82) is 0 Å². The van der Waals surface area contributed by atoms with E-state index < -0.39 is 31.8 Å². The van der Waals surface area contributed by atoms with Crippen molar-refractivity contribution in [3.8, 4) is 0 Å². The minimum atomic E-state index is -3.40. The van der Waals surface area contributed by atoms with Crippen LogP contribution in [-0.2, 0) is 5.41 Å². The standard InChI is InChI=1S/C8H10BrClN2/c1-8(2,3)7-11-4-5(9)6(10)12-7/h4H,1-3H3/i1D3,2D3,3D3. The second-order valence-corrected chi connectivity index (χ2v) is 3.29. The summed E-state index contributed by atoms with van der Waals surface area (Å²) in [5.41, 5.74) is -3.24. The molecule has 0 saturated heterocycles. The molecule has 0 spiro atoms. The van der Waals surface area contributed by atoms with Crippen molar-refractivity contribution in [1.82, 2.24) is 9.97 Å². The highest BCUT2D eigenvalue weighted by atomic mass is 79.9. The summed E-state index contributed by atoms with van der Waals surface area (Å²) in [5, 5.41) is -0.276. The average molecular weight is 259 g/mol. The first-order valence-electron chi connectivity index (χ1n) is 7.35. The number of aromatic nitrogens is 2. The first-order chi connectivity index (χ1) is 9.16. The number of nitrogens with zero attached hydrogens (tertiary/aromatic N) is 2. The molecule has 0 aliphatic carbocycles. The zero-order chi connectivity index (χ0) is 16.9. The van der Waals surface area contributed by atoms with Gasteiger partial charge in [-0.3, -0.25) is 0 Å². The smallest absolute Gasteiger partial charge is 0.146 e. The topological polar surface area (TPSA) is 25.8 Å². The van der Waals surface area contributed by atoms with E-state index in [9.17, 15) is 0 Å². The van der Waals surface area contributed by atoms with Gasteiger partial charge in [-0.1, -0.05) is 32.2 Å². The fourth-order valence-electron chi connectivity index (χ4n) is 0.527. The molecule has 0 fully saturated rings. The van der Waals surface area contributed by atoms with Gasteiger partial charge in [0, 0.05) is 23.9 Å². The monoisotopic (exact) mass is 257 g/mol. The van der Waals surface area contributed by atoms with E-state index in [-0.39, 0.29) is 9.63 Å². The Hall–Kier alpha value is -0.150. The predicted molar refractivity (Wildman–Crippen MR) is 53.4 cm³/mol. The van der Waals surface area contributed by atoms with Gasteiger partial charge in [0.15, 0.2) is 0 Å². The van der Waals surface area contributed by atoms with Crippen LogP contribution in [0.3, 0.4) is 0 Å². The van der Waals surface area contributed by atoms with Crippen molar-refractivity contribution >= 4 is 27.5 Å². The van der Waals surface area contributed by atoms with E-state index in [1.807, 2.05) is 0 Å². The summed E-state index contributed by atoms with van der Waals surface area (Å²) in [5.74, 6) is -0.865. The van der Waals surface area contributed by atoms with Gasteiger partial charge in [-0.15, -0.1) is 0 Å². The number of rotatable bonds is 0. The highest BCUT2D eigenvalue weighted by molar-refractivity contribution is 9.10. The van der Waals surface area contributed by atoms with Crippen molar-refractivity contribution in [2.75, 3.05) is 0 Å². The SMILES string of the molecule is [2H]C([2H])([2H])C(c1ncc(Br)c(Cl)n1)(C([2H])([2H])[2H])C([2H])([2H])[2H]. The normalized spacial score (nSPS) is 26.0. The molecule has 0 aliphatic rings. The van der Waals surface area contributed by atoms with E-state index in [4.69, 9.17) is 23.9 Å². The predicted octanol–water partition coefficient (Wildman–Crippen LogP) is 3.19. The van der Waals surface area contributed by atoms with Crippen LogP contribution in [0, 0.1) is 0 Å². The average Bonchev–Trinajstić information content (AvgIpc) is 2.17. The fraction of sp³-hybridized carbons (Fsp3) is 0.500. The molecule has 1 rings (SSSR count). The summed E-state index contributed by atoms with van der Waals surface area (Å²) in [4.78, 5) is 7.16. The minimum Gasteiger partial charge on any atom is -0.240 e. The second-order valence-electron chi connectivity index (χ2n) is 2.08. The van der Waals surface area contributed by atoms with Gasteiger partial charge in [0.25, 0.3) is 0 Å². The Balaban J connectivity index is 3.86. The molecule has 0 aliphatic heterocycles. The number of hydrogen-bond acceptors (Lipinski definition) is 2. The zero-order valence-electron chi connectivity index (χ0n) is 14.7. The lowest BCUT2D eigenvalue weighted by atomic mass is 9.96. The molecule has 0 aromatic carbocycles. The van der Waals surface area contributed by atoms with E-state index in [0.29, 0.717) is 0 Å². The quantitative estimate of drug-likeness (QED) is 0.668. The van der Waals surface area contributed by atoms with E-state index in [0.717, 1.165) is 6.20 Å². The maximum Gasteiger partial charge on any atom is 0.146 e. The Labute approximate surface area is 98.1 Å². The van der Waals surface area contributed by atoms with Gasteiger partial charge in [-0.2, -0.15) is 0 Å². The molecule has 0 saturated carbocycles. The van der Waals surface area contributed by atoms with Gasteiger partial charge in [0.1, 0.15) is 11.0 Å².